The summed E-state index contributed by atoms with van der Waals surface area (Å²) in [5, 5.41) is 10.7. The monoisotopic (exact) mass is 423 g/mol. The quantitative estimate of drug-likeness (QED) is 0.563. The van der Waals surface area contributed by atoms with Crippen molar-refractivity contribution in [2.75, 3.05) is 33.8 Å². The molecule has 0 saturated heterocycles. The zero-order valence-corrected chi connectivity index (χ0v) is 17.9. The first-order chi connectivity index (χ1) is 15.1. The number of anilines is 1. The molecule has 0 unspecified atom stereocenters. The average Bonchev–Trinajstić information content (AvgIpc) is 3.58. The lowest BCUT2D eigenvalue weighted by Gasteiger charge is -2.14. The van der Waals surface area contributed by atoms with E-state index in [0.29, 0.717) is 45.9 Å². The van der Waals surface area contributed by atoms with E-state index in [2.05, 4.69) is 15.5 Å². The lowest BCUT2D eigenvalue weighted by Crippen LogP contribution is -2.15. The Hall–Kier alpha value is -3.68. The molecule has 1 fully saturated rings. The van der Waals surface area contributed by atoms with E-state index in [0.717, 1.165) is 24.1 Å². The third-order valence-corrected chi connectivity index (χ3v) is 5.33. The number of nitrogens with zero attached hydrogens (tertiary/aromatic N) is 1. The largest absolute Gasteiger partial charge is 0.496 e. The molecule has 0 aliphatic heterocycles. The highest BCUT2D eigenvalue weighted by atomic mass is 16.5. The number of methoxy groups -OCH3 is 4. The molecule has 2 N–H and O–H groups in total. The predicted octanol–water partition coefficient (Wildman–Crippen LogP) is 4.24. The first-order valence-electron chi connectivity index (χ1n) is 9.94. The number of carbonyl (C=O) groups is 1. The van der Waals surface area contributed by atoms with Crippen LogP contribution in [0.4, 0.5) is 5.69 Å². The van der Waals surface area contributed by atoms with Gasteiger partial charge in [-0.05, 0) is 43.2 Å². The van der Waals surface area contributed by atoms with Crippen molar-refractivity contribution in [1.82, 2.24) is 10.2 Å². The van der Waals surface area contributed by atoms with Crippen LogP contribution < -0.4 is 24.3 Å². The number of hydrogen-bond donors (Lipinski definition) is 2. The first kappa shape index (κ1) is 20.6. The van der Waals surface area contributed by atoms with Gasteiger partial charge in [0.1, 0.15) is 22.8 Å². The third-order valence-electron chi connectivity index (χ3n) is 5.33. The Balaban J connectivity index is 1.76. The van der Waals surface area contributed by atoms with Gasteiger partial charge in [0.25, 0.3) is 5.91 Å². The number of aromatic nitrogens is 2. The number of rotatable bonds is 8. The lowest BCUT2D eigenvalue weighted by atomic mass is 10.1. The normalized spacial score (nSPS) is 12.9. The van der Waals surface area contributed by atoms with Gasteiger partial charge in [-0.1, -0.05) is 6.07 Å². The maximum absolute atomic E-state index is 13.3. The third kappa shape index (κ3) is 3.88. The minimum Gasteiger partial charge on any atom is -0.496 e. The van der Waals surface area contributed by atoms with Crippen LogP contribution in [0.3, 0.4) is 0 Å². The molecule has 8 nitrogen and oxygen atoms in total. The van der Waals surface area contributed by atoms with Crippen molar-refractivity contribution >= 4 is 11.6 Å². The number of aromatic amines is 1. The second kappa shape index (κ2) is 8.59. The van der Waals surface area contributed by atoms with Gasteiger partial charge in [-0.25, -0.2) is 0 Å². The van der Waals surface area contributed by atoms with Gasteiger partial charge in [0.2, 0.25) is 0 Å². The van der Waals surface area contributed by atoms with Gasteiger partial charge in [-0.15, -0.1) is 0 Å². The smallest absolute Gasteiger partial charge is 0.263 e. The van der Waals surface area contributed by atoms with Crippen molar-refractivity contribution in [3.05, 3.63) is 47.7 Å². The van der Waals surface area contributed by atoms with Crippen molar-refractivity contribution in [2.24, 2.45) is 0 Å². The number of H-pyrrole nitrogens is 1. The van der Waals surface area contributed by atoms with Crippen LogP contribution in [0, 0.1) is 0 Å². The van der Waals surface area contributed by atoms with Gasteiger partial charge in [0.05, 0.1) is 39.8 Å². The van der Waals surface area contributed by atoms with Crippen LogP contribution in [-0.4, -0.2) is 44.5 Å². The van der Waals surface area contributed by atoms with Crippen molar-refractivity contribution in [2.45, 2.75) is 18.8 Å². The number of nitrogens with one attached hydrogen (secondary N) is 2. The Bertz CT molecular complexity index is 1080. The molecule has 1 saturated carbocycles. The van der Waals surface area contributed by atoms with E-state index in [1.54, 1.807) is 32.4 Å². The Labute approximate surface area is 180 Å². The Kier molecular flexibility index (Phi) is 5.70. The second-order valence-corrected chi connectivity index (χ2v) is 7.20. The summed E-state index contributed by atoms with van der Waals surface area (Å²) in [5.74, 6) is 2.07. The Morgan fingerprint density at radius 3 is 2.16 bits per heavy atom. The van der Waals surface area contributed by atoms with Crippen molar-refractivity contribution in [3.63, 3.8) is 0 Å². The van der Waals surface area contributed by atoms with Crippen molar-refractivity contribution in [3.8, 4) is 34.3 Å². The van der Waals surface area contributed by atoms with Gasteiger partial charge in [0, 0.05) is 11.5 Å². The summed E-state index contributed by atoms with van der Waals surface area (Å²) in [7, 11) is 6.21. The standard InChI is InChI=1S/C23H25N3O5/c1-28-15-11-10-14(12-18(15)31-4)21-22(20(25-26-21)13-8-9-13)24-23(27)19-16(29-2)6-5-7-17(19)30-3/h5-7,10-13H,8-9H2,1-4H3,(H,24,27)(H,25,26). The van der Waals surface area contributed by atoms with Gasteiger partial charge in [0.15, 0.2) is 11.5 Å². The molecule has 31 heavy (non-hydrogen) atoms. The van der Waals surface area contributed by atoms with Crippen LogP contribution in [0.25, 0.3) is 11.3 Å². The molecule has 0 atom stereocenters. The summed E-state index contributed by atoms with van der Waals surface area (Å²) in [6.45, 7) is 0. The van der Waals surface area contributed by atoms with Gasteiger partial charge >= 0.3 is 0 Å². The van der Waals surface area contributed by atoms with Crippen LogP contribution in [-0.2, 0) is 0 Å². The highest BCUT2D eigenvalue weighted by molar-refractivity contribution is 6.10. The van der Waals surface area contributed by atoms with E-state index in [-0.39, 0.29) is 5.91 Å². The number of ether oxygens (including phenoxy) is 4. The molecule has 8 heteroatoms. The second-order valence-electron chi connectivity index (χ2n) is 7.20. The van der Waals surface area contributed by atoms with Crippen LogP contribution in [0.1, 0.15) is 34.8 Å². The minimum atomic E-state index is -0.334. The van der Waals surface area contributed by atoms with E-state index in [1.165, 1.54) is 14.2 Å². The summed E-state index contributed by atoms with van der Waals surface area (Å²) in [6, 6.07) is 10.8. The van der Waals surface area contributed by atoms with E-state index >= 15 is 0 Å². The molecule has 0 radical (unpaired) electrons. The van der Waals surface area contributed by atoms with Crippen LogP contribution in [0.5, 0.6) is 23.0 Å². The Morgan fingerprint density at radius 2 is 1.58 bits per heavy atom. The predicted molar refractivity (Wildman–Crippen MR) is 117 cm³/mol. The van der Waals surface area contributed by atoms with Crippen LogP contribution in [0.15, 0.2) is 36.4 Å². The SMILES string of the molecule is COc1ccc(-c2n[nH]c(C3CC3)c2NC(=O)c2c(OC)cccc2OC)cc1OC. The average molecular weight is 423 g/mol. The fourth-order valence-electron chi connectivity index (χ4n) is 3.59. The van der Waals surface area contributed by atoms with Gasteiger partial charge in [-0.2, -0.15) is 5.10 Å². The molecule has 1 aromatic heterocycles. The van der Waals surface area contributed by atoms with Gasteiger partial charge < -0.3 is 24.3 Å². The first-order valence-corrected chi connectivity index (χ1v) is 9.94. The lowest BCUT2D eigenvalue weighted by molar-refractivity contribution is 0.102. The molecule has 3 aromatic rings. The summed E-state index contributed by atoms with van der Waals surface area (Å²) < 4.78 is 21.6. The summed E-state index contributed by atoms with van der Waals surface area (Å²) in [5.41, 5.74) is 3.31. The molecule has 1 amide bonds. The maximum Gasteiger partial charge on any atom is 0.263 e. The van der Waals surface area contributed by atoms with Crippen molar-refractivity contribution in [1.29, 1.82) is 0 Å². The van der Waals surface area contributed by atoms with Crippen LogP contribution in [0.2, 0.25) is 0 Å². The number of hydrogen-bond acceptors (Lipinski definition) is 6. The van der Waals surface area contributed by atoms with Crippen molar-refractivity contribution < 1.29 is 23.7 Å². The molecular formula is C23H25N3O5. The molecule has 4 rings (SSSR count). The molecule has 162 valence electrons. The van der Waals surface area contributed by atoms with E-state index in [4.69, 9.17) is 18.9 Å². The Morgan fingerprint density at radius 1 is 0.935 bits per heavy atom. The van der Waals surface area contributed by atoms with E-state index < -0.39 is 0 Å². The minimum absolute atomic E-state index is 0.328. The highest BCUT2D eigenvalue weighted by Crippen LogP contribution is 2.46. The van der Waals surface area contributed by atoms with Gasteiger partial charge in [-0.3, -0.25) is 9.89 Å². The number of carbonyl (C=O) groups excluding carboxylic acids is 1. The topological polar surface area (TPSA) is 94.7 Å². The summed E-state index contributed by atoms with van der Waals surface area (Å²) in [4.78, 5) is 13.3. The number of benzene rings is 2. The number of amides is 1. The highest BCUT2D eigenvalue weighted by Gasteiger charge is 2.32. The molecule has 1 aliphatic carbocycles. The molecular weight excluding hydrogens is 398 g/mol. The zero-order valence-electron chi connectivity index (χ0n) is 17.9. The maximum atomic E-state index is 13.3. The van der Waals surface area contributed by atoms with E-state index in [9.17, 15) is 4.79 Å². The summed E-state index contributed by atoms with van der Waals surface area (Å²) in [6.07, 6.45) is 2.10. The molecule has 2 aromatic carbocycles. The van der Waals surface area contributed by atoms with E-state index in [1.807, 2.05) is 18.2 Å². The van der Waals surface area contributed by atoms with Crippen LogP contribution >= 0.6 is 0 Å². The fraction of sp³-hybridized carbons (Fsp3) is 0.304. The molecule has 0 spiro atoms. The fourth-order valence-corrected chi connectivity index (χ4v) is 3.59. The molecule has 1 heterocycles. The summed E-state index contributed by atoms with van der Waals surface area (Å²) >= 11 is 0. The zero-order chi connectivity index (χ0) is 22.0. The molecule has 0 bridgehead atoms. The molecule has 1 aliphatic rings.